The van der Waals surface area contributed by atoms with Crippen LogP contribution in [0.5, 0.6) is 0 Å². The van der Waals surface area contributed by atoms with Crippen LogP contribution in [-0.2, 0) is 0 Å². The Morgan fingerprint density at radius 1 is 1.05 bits per heavy atom. The number of fused-ring (bicyclic) bond motifs is 1. The van der Waals surface area contributed by atoms with E-state index in [1.54, 1.807) is 6.07 Å². The van der Waals surface area contributed by atoms with Crippen molar-refractivity contribution in [3.63, 3.8) is 0 Å². The van der Waals surface area contributed by atoms with Crippen LogP contribution in [0.2, 0.25) is 0 Å². The molecule has 0 aliphatic carbocycles. The van der Waals surface area contributed by atoms with E-state index in [1.165, 1.54) is 4.57 Å². The lowest BCUT2D eigenvalue weighted by molar-refractivity contribution is 0.137. The fourth-order valence-electron chi connectivity index (χ4n) is 2.29. The molecule has 0 spiro atoms. The first-order valence-electron chi connectivity index (χ1n) is 6.00. The summed E-state index contributed by atoms with van der Waals surface area (Å²) in [7, 11) is 0. The Morgan fingerprint density at radius 3 is 2.45 bits per heavy atom. The quantitative estimate of drug-likeness (QED) is 0.725. The number of nitrogens with zero attached hydrogens (tertiary/aromatic N) is 3. The maximum absolute atomic E-state index is 13.0. The molecule has 0 atom stereocenters. The van der Waals surface area contributed by atoms with Gasteiger partial charge in [-0.05, 0) is 23.9 Å². The first kappa shape index (κ1) is 13.1. The van der Waals surface area contributed by atoms with Crippen molar-refractivity contribution in [2.75, 3.05) is 0 Å². The maximum Gasteiger partial charge on any atom is 0.297 e. The molecule has 3 aromatic rings. The molecule has 0 radical (unpaired) electrons. The van der Waals surface area contributed by atoms with Crippen molar-refractivity contribution in [3.8, 4) is 5.69 Å². The summed E-state index contributed by atoms with van der Waals surface area (Å²) in [6, 6.07) is 11.3. The van der Waals surface area contributed by atoms with Gasteiger partial charge in [0.25, 0.3) is 6.43 Å². The highest BCUT2D eigenvalue weighted by Gasteiger charge is 2.21. The fourth-order valence-corrected chi connectivity index (χ4v) is 2.54. The Labute approximate surface area is 119 Å². The zero-order chi connectivity index (χ0) is 14.3. The topological polar surface area (TPSA) is 30.7 Å². The molecule has 0 saturated heterocycles. The van der Waals surface area contributed by atoms with Gasteiger partial charge in [-0.15, -0.1) is 22.8 Å². The standard InChI is InChI=1S/C14H11F2N3S/c1-8-6-7-11(10-5-3-2-4-9(8)10)19-13(12(15)16)17-18-14(19)20/h2-7,12H,1H3,(H,18,20). The molecule has 1 aromatic heterocycles. The molecule has 1 heterocycles. The number of rotatable bonds is 2. The third kappa shape index (κ3) is 1.96. The van der Waals surface area contributed by atoms with Gasteiger partial charge in [0.1, 0.15) is 0 Å². The second-order valence-corrected chi connectivity index (χ2v) is 4.84. The van der Waals surface area contributed by atoms with Crippen LogP contribution in [0.15, 0.2) is 41.6 Å². The van der Waals surface area contributed by atoms with Gasteiger partial charge in [-0.3, -0.25) is 4.57 Å². The molecule has 20 heavy (non-hydrogen) atoms. The third-order valence-electron chi connectivity index (χ3n) is 3.23. The monoisotopic (exact) mass is 291 g/mol. The minimum Gasteiger partial charge on any atom is -0.269 e. The highest BCUT2D eigenvalue weighted by atomic mass is 32.1. The predicted octanol–water partition coefficient (Wildman–Crippen LogP) is 3.96. The zero-order valence-corrected chi connectivity index (χ0v) is 11.5. The second kappa shape index (κ2) is 4.86. The van der Waals surface area contributed by atoms with E-state index in [0.29, 0.717) is 5.69 Å². The maximum atomic E-state index is 13.0. The van der Waals surface area contributed by atoms with Crippen LogP contribution in [0.3, 0.4) is 0 Å². The van der Waals surface area contributed by atoms with E-state index >= 15 is 0 Å². The fraction of sp³-hybridized carbons (Fsp3) is 0.143. The summed E-state index contributed by atoms with van der Waals surface area (Å²) >= 11 is 4.13. The van der Waals surface area contributed by atoms with E-state index < -0.39 is 12.2 Å². The first-order valence-corrected chi connectivity index (χ1v) is 6.45. The Bertz CT molecular complexity index is 783. The van der Waals surface area contributed by atoms with E-state index in [-0.39, 0.29) is 5.16 Å². The lowest BCUT2D eigenvalue weighted by Crippen LogP contribution is -2.03. The largest absolute Gasteiger partial charge is 0.297 e. The third-order valence-corrected chi connectivity index (χ3v) is 3.52. The summed E-state index contributed by atoms with van der Waals surface area (Å²) in [6.07, 6.45) is -2.71. The van der Waals surface area contributed by atoms with E-state index in [9.17, 15) is 8.78 Å². The van der Waals surface area contributed by atoms with Crippen molar-refractivity contribution in [2.45, 2.75) is 18.5 Å². The molecule has 0 amide bonds. The molecule has 0 saturated carbocycles. The van der Waals surface area contributed by atoms with Gasteiger partial charge in [-0.25, -0.2) is 8.78 Å². The molecule has 0 N–H and O–H groups in total. The van der Waals surface area contributed by atoms with Gasteiger partial charge in [-0.1, -0.05) is 30.3 Å². The minimum absolute atomic E-state index is 0.148. The Morgan fingerprint density at radius 2 is 1.75 bits per heavy atom. The number of hydrogen-bond acceptors (Lipinski definition) is 3. The lowest BCUT2D eigenvalue weighted by Gasteiger charge is -2.12. The smallest absolute Gasteiger partial charge is 0.269 e. The second-order valence-electron chi connectivity index (χ2n) is 4.44. The van der Waals surface area contributed by atoms with Crippen molar-refractivity contribution in [1.82, 2.24) is 14.8 Å². The van der Waals surface area contributed by atoms with Gasteiger partial charge in [0.05, 0.1) is 5.69 Å². The minimum atomic E-state index is -2.71. The summed E-state index contributed by atoms with van der Waals surface area (Å²) in [4.78, 5) is 0. The van der Waals surface area contributed by atoms with Crippen molar-refractivity contribution in [3.05, 3.63) is 47.8 Å². The molecule has 0 aliphatic heterocycles. The first-order chi connectivity index (χ1) is 9.59. The van der Waals surface area contributed by atoms with Gasteiger partial charge in [0.2, 0.25) is 5.82 Å². The number of halogens is 2. The lowest BCUT2D eigenvalue weighted by atomic mass is 10.0. The molecule has 2 aromatic carbocycles. The van der Waals surface area contributed by atoms with E-state index in [2.05, 4.69) is 22.8 Å². The van der Waals surface area contributed by atoms with Crippen LogP contribution >= 0.6 is 12.6 Å². The normalized spacial score (nSPS) is 11.4. The summed E-state index contributed by atoms with van der Waals surface area (Å²) < 4.78 is 27.4. The number of hydrogen-bond donors (Lipinski definition) is 1. The Balaban J connectivity index is 2.36. The molecule has 3 nitrogen and oxygen atoms in total. The van der Waals surface area contributed by atoms with E-state index in [0.717, 1.165) is 16.3 Å². The Hall–Kier alpha value is -1.95. The number of benzene rings is 2. The van der Waals surface area contributed by atoms with Crippen molar-refractivity contribution in [2.24, 2.45) is 0 Å². The van der Waals surface area contributed by atoms with Gasteiger partial charge in [0.15, 0.2) is 5.16 Å². The van der Waals surface area contributed by atoms with Gasteiger partial charge >= 0.3 is 0 Å². The molecule has 0 bridgehead atoms. The number of aromatic nitrogens is 3. The molecule has 102 valence electrons. The number of aryl methyl sites for hydroxylation is 1. The molecular weight excluding hydrogens is 280 g/mol. The summed E-state index contributed by atoms with van der Waals surface area (Å²) in [5.74, 6) is -0.399. The van der Waals surface area contributed by atoms with Crippen LogP contribution in [0.1, 0.15) is 17.8 Å². The Kier molecular flexibility index (Phi) is 3.17. The van der Waals surface area contributed by atoms with Gasteiger partial charge in [-0.2, -0.15) is 0 Å². The van der Waals surface area contributed by atoms with Gasteiger partial charge in [0, 0.05) is 5.39 Å². The summed E-state index contributed by atoms with van der Waals surface area (Å²) in [6.45, 7) is 1.98. The molecule has 0 fully saturated rings. The van der Waals surface area contributed by atoms with Crippen molar-refractivity contribution >= 4 is 23.4 Å². The van der Waals surface area contributed by atoms with Crippen LogP contribution in [0.25, 0.3) is 16.5 Å². The predicted molar refractivity (Wildman–Crippen MR) is 75.8 cm³/mol. The average Bonchev–Trinajstić information content (AvgIpc) is 2.82. The van der Waals surface area contributed by atoms with Crippen molar-refractivity contribution < 1.29 is 8.78 Å². The van der Waals surface area contributed by atoms with E-state index in [1.807, 2.05) is 37.3 Å². The van der Waals surface area contributed by atoms with Crippen LogP contribution < -0.4 is 0 Å². The van der Waals surface area contributed by atoms with Crippen LogP contribution in [0.4, 0.5) is 8.78 Å². The highest BCUT2D eigenvalue weighted by molar-refractivity contribution is 7.80. The summed E-state index contributed by atoms with van der Waals surface area (Å²) in [5.41, 5.74) is 1.69. The van der Waals surface area contributed by atoms with Gasteiger partial charge < -0.3 is 0 Å². The van der Waals surface area contributed by atoms with Crippen molar-refractivity contribution in [1.29, 1.82) is 0 Å². The SMILES string of the molecule is Cc1ccc(-n2c(S)nnc2C(F)F)c2ccccc12. The van der Waals surface area contributed by atoms with E-state index in [4.69, 9.17) is 0 Å². The summed E-state index contributed by atoms with van der Waals surface area (Å²) in [5, 5.41) is 9.17. The zero-order valence-electron chi connectivity index (χ0n) is 10.6. The van der Waals surface area contributed by atoms with Crippen LogP contribution in [-0.4, -0.2) is 14.8 Å². The number of thiol groups is 1. The number of alkyl halides is 2. The molecule has 0 unspecified atom stereocenters. The highest BCUT2D eigenvalue weighted by Crippen LogP contribution is 2.30. The van der Waals surface area contributed by atoms with Crippen LogP contribution in [0, 0.1) is 6.92 Å². The molecule has 6 heteroatoms. The molecule has 3 rings (SSSR count). The molecule has 0 aliphatic rings. The average molecular weight is 291 g/mol. The molecular formula is C14H11F2N3S.